The molecule has 0 aliphatic carbocycles. The molecule has 0 radical (unpaired) electrons. The fourth-order valence-corrected chi connectivity index (χ4v) is 5.60. The summed E-state index contributed by atoms with van der Waals surface area (Å²) in [6, 6.07) is 10.6. The van der Waals surface area contributed by atoms with Gasteiger partial charge in [-0.3, -0.25) is 4.79 Å². The molecule has 3 unspecified atom stereocenters. The number of fused-ring (bicyclic) bond motifs is 1. The van der Waals surface area contributed by atoms with Crippen LogP contribution in [0.4, 0.5) is 18.0 Å². The van der Waals surface area contributed by atoms with E-state index in [-0.39, 0.29) is 24.0 Å². The van der Waals surface area contributed by atoms with Crippen molar-refractivity contribution >= 4 is 12.0 Å². The number of ether oxygens (including phenoxy) is 2. The summed E-state index contributed by atoms with van der Waals surface area (Å²) in [5.41, 5.74) is 0.285. The van der Waals surface area contributed by atoms with E-state index >= 15 is 0 Å². The number of carbonyl (C=O) groups excluding carboxylic acids is 2. The molecule has 7 nitrogen and oxygen atoms in total. The Hall–Kier alpha value is -3.11. The molecule has 2 amide bonds. The molecule has 4 atom stereocenters. The Morgan fingerprint density at radius 2 is 1.70 bits per heavy atom. The largest absolute Gasteiger partial charge is 0.444 e. The lowest BCUT2D eigenvalue weighted by Crippen LogP contribution is -2.36. The SMILES string of the molecule is O=C(NC(CCN1CC2CN(C(=O)c3c(F)cc(F)cc3F)C[C@@H]2C1)c1ccccc1)OC1CCOC1. The zero-order valence-corrected chi connectivity index (χ0v) is 20.4. The van der Waals surface area contributed by atoms with Gasteiger partial charge in [-0.1, -0.05) is 30.3 Å². The first-order valence-corrected chi connectivity index (χ1v) is 12.6. The number of benzene rings is 2. The molecule has 2 aromatic carbocycles. The van der Waals surface area contributed by atoms with Gasteiger partial charge in [-0.25, -0.2) is 18.0 Å². The summed E-state index contributed by atoms with van der Waals surface area (Å²) < 4.78 is 52.2. The van der Waals surface area contributed by atoms with Crippen molar-refractivity contribution in [3.8, 4) is 0 Å². The highest BCUT2D eigenvalue weighted by atomic mass is 19.1. The fourth-order valence-electron chi connectivity index (χ4n) is 5.60. The van der Waals surface area contributed by atoms with Crippen molar-refractivity contribution < 1.29 is 32.2 Å². The Balaban J connectivity index is 1.15. The van der Waals surface area contributed by atoms with Gasteiger partial charge >= 0.3 is 6.09 Å². The van der Waals surface area contributed by atoms with Crippen molar-refractivity contribution in [2.75, 3.05) is 45.9 Å². The molecule has 3 fully saturated rings. The minimum atomic E-state index is -1.18. The Labute approximate surface area is 213 Å². The zero-order valence-electron chi connectivity index (χ0n) is 20.4. The summed E-state index contributed by atoms with van der Waals surface area (Å²) in [5.74, 6) is -3.78. The van der Waals surface area contributed by atoms with Gasteiger partial charge in [0, 0.05) is 51.3 Å². The molecule has 3 aliphatic rings. The van der Waals surface area contributed by atoms with E-state index < -0.39 is 35.0 Å². The molecule has 3 saturated heterocycles. The second-order valence-corrected chi connectivity index (χ2v) is 10.0. The van der Waals surface area contributed by atoms with Crippen LogP contribution in [0.2, 0.25) is 0 Å². The summed E-state index contributed by atoms with van der Waals surface area (Å²) in [7, 11) is 0. The number of nitrogens with zero attached hydrogens (tertiary/aromatic N) is 2. The van der Waals surface area contributed by atoms with Crippen LogP contribution in [0.1, 0.15) is 34.8 Å². The van der Waals surface area contributed by atoms with Crippen molar-refractivity contribution in [1.82, 2.24) is 15.1 Å². The van der Waals surface area contributed by atoms with E-state index in [0.29, 0.717) is 51.3 Å². The Kier molecular flexibility index (Phi) is 7.66. The number of alkyl carbamates (subject to hydrolysis) is 1. The van der Waals surface area contributed by atoms with Crippen LogP contribution in [0.15, 0.2) is 42.5 Å². The van der Waals surface area contributed by atoms with Gasteiger partial charge < -0.3 is 24.6 Å². The van der Waals surface area contributed by atoms with Gasteiger partial charge in [0.2, 0.25) is 0 Å². The van der Waals surface area contributed by atoms with Gasteiger partial charge in [0.15, 0.2) is 0 Å². The second-order valence-electron chi connectivity index (χ2n) is 10.0. The first-order valence-electron chi connectivity index (χ1n) is 12.6. The van der Waals surface area contributed by atoms with Gasteiger partial charge in [0.1, 0.15) is 29.1 Å². The van der Waals surface area contributed by atoms with E-state index in [0.717, 1.165) is 25.2 Å². The van der Waals surface area contributed by atoms with E-state index in [1.165, 1.54) is 4.90 Å². The number of hydrogen-bond donors (Lipinski definition) is 1. The molecule has 2 aromatic rings. The predicted octanol–water partition coefficient (Wildman–Crippen LogP) is 3.75. The van der Waals surface area contributed by atoms with Crippen LogP contribution in [0.25, 0.3) is 0 Å². The number of halogens is 3. The molecule has 37 heavy (non-hydrogen) atoms. The van der Waals surface area contributed by atoms with Crippen molar-refractivity contribution in [3.63, 3.8) is 0 Å². The minimum absolute atomic E-state index is 0.186. The van der Waals surface area contributed by atoms with Crippen LogP contribution in [-0.4, -0.2) is 73.8 Å². The third-order valence-electron chi connectivity index (χ3n) is 7.46. The average Bonchev–Trinajstić information content (AvgIpc) is 3.58. The molecule has 10 heteroatoms. The van der Waals surface area contributed by atoms with Gasteiger partial charge in [-0.15, -0.1) is 0 Å². The predicted molar refractivity (Wildman–Crippen MR) is 128 cm³/mol. The minimum Gasteiger partial charge on any atom is -0.444 e. The summed E-state index contributed by atoms with van der Waals surface area (Å²) in [4.78, 5) is 29.0. The summed E-state index contributed by atoms with van der Waals surface area (Å²) in [6.07, 6.45) is 0.683. The van der Waals surface area contributed by atoms with E-state index in [4.69, 9.17) is 9.47 Å². The van der Waals surface area contributed by atoms with Crippen LogP contribution < -0.4 is 5.32 Å². The highest BCUT2D eigenvalue weighted by Gasteiger charge is 2.42. The Morgan fingerprint density at radius 1 is 1.03 bits per heavy atom. The lowest BCUT2D eigenvalue weighted by Gasteiger charge is -2.25. The van der Waals surface area contributed by atoms with E-state index in [2.05, 4.69) is 10.2 Å². The Morgan fingerprint density at radius 3 is 2.32 bits per heavy atom. The maximum Gasteiger partial charge on any atom is 0.407 e. The lowest BCUT2D eigenvalue weighted by molar-refractivity contribution is 0.0764. The molecule has 0 aromatic heterocycles. The number of rotatable bonds is 7. The van der Waals surface area contributed by atoms with Gasteiger partial charge in [0.05, 0.1) is 19.3 Å². The van der Waals surface area contributed by atoms with Crippen LogP contribution in [0.3, 0.4) is 0 Å². The van der Waals surface area contributed by atoms with Crippen molar-refractivity contribution in [2.24, 2.45) is 11.8 Å². The number of likely N-dealkylation sites (tertiary alicyclic amines) is 2. The maximum atomic E-state index is 14.1. The van der Waals surface area contributed by atoms with Crippen LogP contribution in [0.5, 0.6) is 0 Å². The van der Waals surface area contributed by atoms with Gasteiger partial charge in [-0.2, -0.15) is 0 Å². The molecule has 0 bridgehead atoms. The van der Waals surface area contributed by atoms with Crippen molar-refractivity contribution in [2.45, 2.75) is 25.0 Å². The Bertz CT molecular complexity index is 1090. The zero-order chi connectivity index (χ0) is 25.9. The number of nitrogens with one attached hydrogen (secondary N) is 1. The topological polar surface area (TPSA) is 71.1 Å². The number of carbonyl (C=O) groups is 2. The quantitative estimate of drug-likeness (QED) is 0.606. The van der Waals surface area contributed by atoms with Gasteiger partial charge in [0.25, 0.3) is 5.91 Å². The first-order chi connectivity index (χ1) is 17.9. The summed E-state index contributed by atoms with van der Waals surface area (Å²) in [5, 5.41) is 3.00. The normalized spacial score (nSPS) is 24.2. The van der Waals surface area contributed by atoms with Crippen LogP contribution >= 0.6 is 0 Å². The third-order valence-corrected chi connectivity index (χ3v) is 7.46. The number of amides is 2. The number of hydrogen-bond acceptors (Lipinski definition) is 5. The average molecular weight is 518 g/mol. The lowest BCUT2D eigenvalue weighted by atomic mass is 10.0. The molecule has 198 valence electrons. The first kappa shape index (κ1) is 25.5. The van der Waals surface area contributed by atoms with E-state index in [9.17, 15) is 22.8 Å². The molecular formula is C27H30F3N3O4. The summed E-state index contributed by atoms with van der Waals surface area (Å²) >= 11 is 0. The molecular weight excluding hydrogens is 487 g/mol. The standard InChI is InChI=1S/C27H30F3N3O4/c28-20-10-22(29)25(23(30)11-20)26(34)33-14-18-12-32(13-19(18)15-33)8-6-24(17-4-2-1-3-5-17)31-27(35)37-21-7-9-36-16-21/h1-5,10-11,18-19,21,24H,6-9,12-16H2,(H,31,35)/t18-,19?,21?,24?/m0/s1. The fraction of sp³-hybridized carbons (Fsp3) is 0.481. The summed E-state index contributed by atoms with van der Waals surface area (Å²) in [6.45, 7) is 4.02. The molecule has 1 N–H and O–H groups in total. The van der Waals surface area contributed by atoms with Crippen LogP contribution in [0, 0.1) is 29.3 Å². The molecule has 0 saturated carbocycles. The van der Waals surface area contributed by atoms with Gasteiger partial charge in [-0.05, 0) is 23.8 Å². The monoisotopic (exact) mass is 517 g/mol. The highest BCUT2D eigenvalue weighted by Crippen LogP contribution is 2.33. The van der Waals surface area contributed by atoms with E-state index in [1.54, 1.807) is 0 Å². The molecule has 3 aliphatic heterocycles. The smallest absolute Gasteiger partial charge is 0.407 e. The van der Waals surface area contributed by atoms with Crippen molar-refractivity contribution in [3.05, 3.63) is 71.0 Å². The maximum absolute atomic E-state index is 14.1. The molecule has 5 rings (SSSR count). The van der Waals surface area contributed by atoms with E-state index in [1.807, 2.05) is 30.3 Å². The molecule has 3 heterocycles. The highest BCUT2D eigenvalue weighted by molar-refractivity contribution is 5.95. The van der Waals surface area contributed by atoms with Crippen LogP contribution in [-0.2, 0) is 9.47 Å². The van der Waals surface area contributed by atoms with Crippen molar-refractivity contribution in [1.29, 1.82) is 0 Å². The second kappa shape index (κ2) is 11.1. The molecule has 0 spiro atoms. The third kappa shape index (κ3) is 5.91.